The number of fused-ring (bicyclic) bond motifs is 5. The van der Waals surface area contributed by atoms with Gasteiger partial charge in [0.1, 0.15) is 0 Å². The van der Waals surface area contributed by atoms with Crippen LogP contribution in [0.4, 0.5) is 0 Å². The standard InChI is InChI=1S/C20H28/c1-3-15-9-11-19-18-10-8-14-6-4-5-7-16(14)17(18)12-13-20(15,19)2/h3-4,6,8,16-19H,5,7,9-13H2,1-2H3/t16-,17+,18+,19-,20+/m0/s1. The summed E-state index contributed by atoms with van der Waals surface area (Å²) < 4.78 is 0. The summed E-state index contributed by atoms with van der Waals surface area (Å²) >= 11 is 0. The highest BCUT2D eigenvalue weighted by atomic mass is 14.6. The summed E-state index contributed by atoms with van der Waals surface area (Å²) in [6.45, 7) is 4.84. The fourth-order valence-corrected chi connectivity index (χ4v) is 6.22. The second-order valence-electron chi connectivity index (χ2n) is 7.77. The third-order valence-electron chi connectivity index (χ3n) is 7.21. The maximum Gasteiger partial charge on any atom is -0.00852 e. The number of hydrogen-bond donors (Lipinski definition) is 0. The SMILES string of the molecule is CC=C1CC[C@H]2[C@@H]3CC=C4C=CCC[C@@H]4[C@H]3CC[C@]12C. The molecule has 2 saturated carbocycles. The lowest BCUT2D eigenvalue weighted by molar-refractivity contribution is 0.0303. The first-order valence-corrected chi connectivity index (χ1v) is 8.76. The van der Waals surface area contributed by atoms with E-state index in [1.54, 1.807) is 11.1 Å². The van der Waals surface area contributed by atoms with Gasteiger partial charge in [-0.25, -0.2) is 0 Å². The number of allylic oxidation sites excluding steroid dienone is 6. The highest BCUT2D eigenvalue weighted by Crippen LogP contribution is 2.62. The molecule has 0 spiro atoms. The van der Waals surface area contributed by atoms with Crippen LogP contribution in [0.5, 0.6) is 0 Å². The van der Waals surface area contributed by atoms with Gasteiger partial charge in [0.2, 0.25) is 0 Å². The molecular weight excluding hydrogens is 240 g/mol. The van der Waals surface area contributed by atoms with Crippen LogP contribution >= 0.6 is 0 Å². The maximum atomic E-state index is 2.60. The second-order valence-corrected chi connectivity index (χ2v) is 7.77. The van der Waals surface area contributed by atoms with Crippen molar-refractivity contribution >= 4 is 0 Å². The number of hydrogen-bond acceptors (Lipinski definition) is 0. The van der Waals surface area contributed by atoms with E-state index in [0.29, 0.717) is 5.41 Å². The van der Waals surface area contributed by atoms with Crippen molar-refractivity contribution in [1.29, 1.82) is 0 Å². The molecule has 0 aromatic heterocycles. The lowest BCUT2D eigenvalue weighted by Gasteiger charge is -2.51. The van der Waals surface area contributed by atoms with Gasteiger partial charge in [-0.05, 0) is 86.5 Å². The molecule has 20 heavy (non-hydrogen) atoms. The van der Waals surface area contributed by atoms with E-state index in [0.717, 1.165) is 23.7 Å². The smallest absolute Gasteiger partial charge is 0.00852 e. The Morgan fingerprint density at radius 2 is 2.10 bits per heavy atom. The summed E-state index contributed by atoms with van der Waals surface area (Å²) in [6.07, 6.45) is 19.7. The summed E-state index contributed by atoms with van der Waals surface area (Å²) in [5, 5.41) is 0. The minimum Gasteiger partial charge on any atom is -0.0879 e. The summed E-state index contributed by atoms with van der Waals surface area (Å²) in [5.74, 6) is 3.84. The minimum absolute atomic E-state index is 0.547. The molecule has 2 fully saturated rings. The summed E-state index contributed by atoms with van der Waals surface area (Å²) in [7, 11) is 0. The molecule has 108 valence electrons. The van der Waals surface area contributed by atoms with Crippen LogP contribution in [0.3, 0.4) is 0 Å². The van der Waals surface area contributed by atoms with Gasteiger partial charge in [0.25, 0.3) is 0 Å². The van der Waals surface area contributed by atoms with Crippen LogP contribution in [-0.2, 0) is 0 Å². The van der Waals surface area contributed by atoms with Crippen LogP contribution in [-0.4, -0.2) is 0 Å². The molecule has 0 radical (unpaired) electrons. The molecule has 0 unspecified atom stereocenters. The van der Waals surface area contributed by atoms with E-state index in [4.69, 9.17) is 0 Å². The maximum absolute atomic E-state index is 2.60. The zero-order valence-electron chi connectivity index (χ0n) is 13.1. The van der Waals surface area contributed by atoms with Crippen molar-refractivity contribution in [2.24, 2.45) is 29.1 Å². The number of rotatable bonds is 0. The molecule has 0 N–H and O–H groups in total. The topological polar surface area (TPSA) is 0 Å². The van der Waals surface area contributed by atoms with E-state index in [-0.39, 0.29) is 0 Å². The highest BCUT2D eigenvalue weighted by molar-refractivity contribution is 5.31. The fourth-order valence-electron chi connectivity index (χ4n) is 6.22. The Kier molecular flexibility index (Phi) is 2.98. The first-order valence-electron chi connectivity index (χ1n) is 8.76. The molecule has 0 aromatic rings. The van der Waals surface area contributed by atoms with Crippen molar-refractivity contribution in [2.75, 3.05) is 0 Å². The minimum atomic E-state index is 0.547. The van der Waals surface area contributed by atoms with Crippen molar-refractivity contribution in [3.8, 4) is 0 Å². The van der Waals surface area contributed by atoms with E-state index in [1.165, 1.54) is 44.9 Å². The van der Waals surface area contributed by atoms with Gasteiger partial charge in [-0.15, -0.1) is 0 Å². The molecule has 0 bridgehead atoms. The first-order chi connectivity index (χ1) is 9.74. The molecule has 5 atom stereocenters. The van der Waals surface area contributed by atoms with Crippen LogP contribution in [0.2, 0.25) is 0 Å². The van der Waals surface area contributed by atoms with Gasteiger partial charge in [-0.1, -0.05) is 36.8 Å². The van der Waals surface area contributed by atoms with Gasteiger partial charge in [-0.3, -0.25) is 0 Å². The fraction of sp³-hybridized carbons (Fsp3) is 0.700. The van der Waals surface area contributed by atoms with Crippen molar-refractivity contribution < 1.29 is 0 Å². The molecule has 0 heterocycles. The van der Waals surface area contributed by atoms with Gasteiger partial charge in [-0.2, -0.15) is 0 Å². The molecule has 0 amide bonds. The molecular formula is C20H28. The largest absolute Gasteiger partial charge is 0.0879 e. The highest BCUT2D eigenvalue weighted by Gasteiger charge is 2.53. The van der Waals surface area contributed by atoms with Crippen molar-refractivity contribution in [2.45, 2.75) is 58.8 Å². The first kappa shape index (κ1) is 12.9. The monoisotopic (exact) mass is 268 g/mol. The third kappa shape index (κ3) is 1.66. The van der Waals surface area contributed by atoms with E-state index in [9.17, 15) is 0 Å². The molecule has 4 aliphatic rings. The summed E-state index contributed by atoms with van der Waals surface area (Å²) in [4.78, 5) is 0. The summed E-state index contributed by atoms with van der Waals surface area (Å²) in [6, 6.07) is 0. The van der Waals surface area contributed by atoms with Crippen molar-refractivity contribution in [3.05, 3.63) is 35.5 Å². The van der Waals surface area contributed by atoms with Crippen molar-refractivity contribution in [3.63, 3.8) is 0 Å². The molecule has 0 aliphatic heterocycles. The van der Waals surface area contributed by atoms with Crippen molar-refractivity contribution in [1.82, 2.24) is 0 Å². The Bertz CT molecular complexity index is 492. The lowest BCUT2D eigenvalue weighted by atomic mass is 9.53. The molecule has 4 rings (SSSR count). The lowest BCUT2D eigenvalue weighted by Crippen LogP contribution is -2.43. The second kappa shape index (κ2) is 4.61. The van der Waals surface area contributed by atoms with E-state index < -0.39 is 0 Å². The zero-order chi connectivity index (χ0) is 13.7. The van der Waals surface area contributed by atoms with Crippen LogP contribution in [0, 0.1) is 29.1 Å². The van der Waals surface area contributed by atoms with E-state index in [2.05, 4.69) is 38.2 Å². The quantitative estimate of drug-likeness (QED) is 0.496. The average molecular weight is 268 g/mol. The molecule has 0 aromatic carbocycles. The Morgan fingerprint density at radius 3 is 2.95 bits per heavy atom. The van der Waals surface area contributed by atoms with Crippen LogP contribution < -0.4 is 0 Å². The van der Waals surface area contributed by atoms with E-state index in [1.807, 2.05) is 0 Å². The van der Waals surface area contributed by atoms with Gasteiger partial charge in [0.15, 0.2) is 0 Å². The van der Waals surface area contributed by atoms with Crippen LogP contribution in [0.25, 0.3) is 0 Å². The Labute approximate surface area is 124 Å². The van der Waals surface area contributed by atoms with E-state index >= 15 is 0 Å². The predicted molar refractivity (Wildman–Crippen MR) is 85.4 cm³/mol. The molecule has 0 heteroatoms. The van der Waals surface area contributed by atoms with Crippen LogP contribution in [0.1, 0.15) is 58.8 Å². The summed E-state index contributed by atoms with van der Waals surface area (Å²) in [5.41, 5.74) is 4.01. The normalized spacial score (nSPS) is 48.5. The Balaban J connectivity index is 1.68. The van der Waals surface area contributed by atoms with Gasteiger partial charge in [0.05, 0.1) is 0 Å². The van der Waals surface area contributed by atoms with Gasteiger partial charge >= 0.3 is 0 Å². The van der Waals surface area contributed by atoms with Gasteiger partial charge in [0, 0.05) is 0 Å². The Morgan fingerprint density at radius 1 is 1.20 bits per heavy atom. The molecule has 0 saturated heterocycles. The molecule has 0 nitrogen and oxygen atoms in total. The Hall–Kier alpha value is -0.780. The van der Waals surface area contributed by atoms with Crippen LogP contribution in [0.15, 0.2) is 35.5 Å². The average Bonchev–Trinajstić information content (AvgIpc) is 2.83. The third-order valence-corrected chi connectivity index (χ3v) is 7.21. The molecule has 4 aliphatic carbocycles. The van der Waals surface area contributed by atoms with Gasteiger partial charge < -0.3 is 0 Å². The zero-order valence-corrected chi connectivity index (χ0v) is 13.1. The predicted octanol–water partition coefficient (Wildman–Crippen LogP) is 5.67.